The molecule has 0 fully saturated rings. The zero-order valence-electron chi connectivity index (χ0n) is 11.7. The number of esters is 1. The van der Waals surface area contributed by atoms with Crippen LogP contribution in [-0.2, 0) is 25.5 Å². The molecular weight excluding hydrogens is 262 g/mol. The summed E-state index contributed by atoms with van der Waals surface area (Å²) in [5.74, 6) is -0.138. The maximum Gasteiger partial charge on any atom is 0.337 e. The standard InChI is InChI=1S/C14H19NO5/c1-18-9-13(16)15-7-6-11-4-3-5-12(8-11)20-14(17)10-19-2/h3-5,8H,6-7,9-10H2,1-2H3,(H,15,16). The van der Waals surface area contributed by atoms with Gasteiger partial charge in [0.1, 0.15) is 19.0 Å². The van der Waals surface area contributed by atoms with Crippen LogP contribution >= 0.6 is 0 Å². The lowest BCUT2D eigenvalue weighted by Gasteiger charge is -2.07. The molecule has 0 radical (unpaired) electrons. The lowest BCUT2D eigenvalue weighted by molar-refractivity contribution is -0.138. The summed E-state index contributed by atoms with van der Waals surface area (Å²) in [6.07, 6.45) is 0.644. The van der Waals surface area contributed by atoms with E-state index in [-0.39, 0.29) is 19.1 Å². The van der Waals surface area contributed by atoms with Crippen LogP contribution in [0.2, 0.25) is 0 Å². The topological polar surface area (TPSA) is 73.9 Å². The van der Waals surface area contributed by atoms with Crippen LogP contribution in [0.3, 0.4) is 0 Å². The number of hydrogen-bond donors (Lipinski definition) is 1. The van der Waals surface area contributed by atoms with Crippen LogP contribution in [0.4, 0.5) is 0 Å². The van der Waals surface area contributed by atoms with E-state index in [1.807, 2.05) is 6.07 Å². The van der Waals surface area contributed by atoms with E-state index < -0.39 is 5.97 Å². The van der Waals surface area contributed by atoms with Gasteiger partial charge in [0.2, 0.25) is 5.91 Å². The molecule has 110 valence electrons. The second kappa shape index (κ2) is 9.06. The molecule has 0 aliphatic heterocycles. The van der Waals surface area contributed by atoms with Crippen LogP contribution < -0.4 is 10.1 Å². The largest absolute Gasteiger partial charge is 0.425 e. The Morgan fingerprint density at radius 3 is 2.60 bits per heavy atom. The number of carbonyl (C=O) groups is 2. The molecule has 1 amide bonds. The van der Waals surface area contributed by atoms with Gasteiger partial charge in [-0.1, -0.05) is 12.1 Å². The molecular formula is C14H19NO5. The number of nitrogens with one attached hydrogen (secondary N) is 1. The average Bonchev–Trinajstić information content (AvgIpc) is 2.39. The second-order valence-electron chi connectivity index (χ2n) is 4.09. The van der Waals surface area contributed by atoms with Gasteiger partial charge in [0.25, 0.3) is 0 Å². The van der Waals surface area contributed by atoms with Gasteiger partial charge in [-0.2, -0.15) is 0 Å². The molecule has 6 nitrogen and oxygen atoms in total. The zero-order chi connectivity index (χ0) is 14.8. The first-order chi connectivity index (χ1) is 9.65. The van der Waals surface area contributed by atoms with Crippen molar-refractivity contribution in [2.45, 2.75) is 6.42 Å². The molecule has 1 aromatic carbocycles. The Labute approximate surface area is 118 Å². The van der Waals surface area contributed by atoms with Crippen LogP contribution in [0.5, 0.6) is 5.75 Å². The van der Waals surface area contributed by atoms with E-state index in [1.165, 1.54) is 14.2 Å². The molecule has 0 bridgehead atoms. The Morgan fingerprint density at radius 1 is 1.15 bits per heavy atom. The van der Waals surface area contributed by atoms with Gasteiger partial charge in [-0.25, -0.2) is 4.79 Å². The van der Waals surface area contributed by atoms with E-state index in [2.05, 4.69) is 10.1 Å². The number of hydrogen-bond acceptors (Lipinski definition) is 5. The molecule has 1 aromatic rings. The Hall–Kier alpha value is -1.92. The van der Waals surface area contributed by atoms with E-state index in [0.717, 1.165) is 5.56 Å². The van der Waals surface area contributed by atoms with Crippen molar-refractivity contribution < 1.29 is 23.8 Å². The van der Waals surface area contributed by atoms with Crippen molar-refractivity contribution in [3.63, 3.8) is 0 Å². The Balaban J connectivity index is 2.43. The van der Waals surface area contributed by atoms with Gasteiger partial charge in [-0.05, 0) is 24.1 Å². The third kappa shape index (κ3) is 6.31. The minimum atomic E-state index is -0.446. The number of amides is 1. The number of rotatable bonds is 8. The van der Waals surface area contributed by atoms with Crippen molar-refractivity contribution in [1.29, 1.82) is 0 Å². The zero-order valence-corrected chi connectivity index (χ0v) is 11.7. The smallest absolute Gasteiger partial charge is 0.337 e. The van der Waals surface area contributed by atoms with Crippen LogP contribution in [0, 0.1) is 0 Å². The van der Waals surface area contributed by atoms with Crippen molar-refractivity contribution in [1.82, 2.24) is 5.32 Å². The molecule has 0 saturated carbocycles. The summed E-state index contributed by atoms with van der Waals surface area (Å²) in [5.41, 5.74) is 0.963. The third-order valence-electron chi connectivity index (χ3n) is 2.40. The summed E-state index contributed by atoms with van der Waals surface area (Å²) in [5, 5.41) is 2.72. The quantitative estimate of drug-likeness (QED) is 0.556. The highest BCUT2D eigenvalue weighted by molar-refractivity contribution is 5.77. The monoisotopic (exact) mass is 281 g/mol. The Kier molecular flexibility index (Phi) is 7.31. The van der Waals surface area contributed by atoms with Gasteiger partial charge < -0.3 is 19.5 Å². The van der Waals surface area contributed by atoms with E-state index in [0.29, 0.717) is 18.7 Å². The van der Waals surface area contributed by atoms with Crippen LogP contribution in [0.25, 0.3) is 0 Å². The average molecular weight is 281 g/mol. The van der Waals surface area contributed by atoms with Gasteiger partial charge in [0.05, 0.1) is 0 Å². The lowest BCUT2D eigenvalue weighted by Crippen LogP contribution is -2.28. The maximum absolute atomic E-state index is 11.3. The number of methoxy groups -OCH3 is 2. The van der Waals surface area contributed by atoms with Gasteiger partial charge >= 0.3 is 5.97 Å². The number of carbonyl (C=O) groups excluding carboxylic acids is 2. The maximum atomic E-state index is 11.3. The fraction of sp³-hybridized carbons (Fsp3) is 0.429. The Morgan fingerprint density at radius 2 is 1.90 bits per heavy atom. The molecule has 0 unspecified atom stereocenters. The molecule has 6 heteroatoms. The van der Waals surface area contributed by atoms with E-state index in [9.17, 15) is 9.59 Å². The first-order valence-corrected chi connectivity index (χ1v) is 6.20. The van der Waals surface area contributed by atoms with Gasteiger partial charge in [-0.3, -0.25) is 4.79 Å². The number of ether oxygens (including phenoxy) is 3. The molecule has 0 saturated heterocycles. The normalized spacial score (nSPS) is 10.1. The SMILES string of the molecule is COCC(=O)NCCc1cccc(OC(=O)COC)c1. The van der Waals surface area contributed by atoms with Crippen molar-refractivity contribution in [2.24, 2.45) is 0 Å². The summed E-state index contributed by atoms with van der Waals surface area (Å²) in [6.45, 7) is 0.462. The van der Waals surface area contributed by atoms with Crippen molar-refractivity contribution >= 4 is 11.9 Å². The molecule has 1 N–H and O–H groups in total. The van der Waals surface area contributed by atoms with Crippen molar-refractivity contribution in [3.8, 4) is 5.75 Å². The predicted octanol–water partition coefficient (Wildman–Crippen LogP) is 0.543. The molecule has 0 aliphatic carbocycles. The molecule has 0 aliphatic rings. The molecule has 1 rings (SSSR count). The van der Waals surface area contributed by atoms with E-state index in [1.54, 1.807) is 18.2 Å². The second-order valence-corrected chi connectivity index (χ2v) is 4.09. The minimum absolute atomic E-state index is 0.0503. The highest BCUT2D eigenvalue weighted by Gasteiger charge is 2.05. The van der Waals surface area contributed by atoms with E-state index in [4.69, 9.17) is 9.47 Å². The summed E-state index contributed by atoms with van der Waals surface area (Å²) < 4.78 is 14.5. The predicted molar refractivity (Wildman–Crippen MR) is 72.5 cm³/mol. The van der Waals surface area contributed by atoms with Gasteiger partial charge in [-0.15, -0.1) is 0 Å². The Bertz CT molecular complexity index is 447. The first kappa shape index (κ1) is 16.1. The highest BCUT2D eigenvalue weighted by Crippen LogP contribution is 2.13. The summed E-state index contributed by atoms with van der Waals surface area (Å²) in [6, 6.07) is 7.15. The summed E-state index contributed by atoms with van der Waals surface area (Å²) >= 11 is 0. The fourth-order valence-electron chi connectivity index (χ4n) is 1.57. The van der Waals surface area contributed by atoms with Gasteiger partial charge in [0, 0.05) is 20.8 Å². The van der Waals surface area contributed by atoms with E-state index >= 15 is 0 Å². The first-order valence-electron chi connectivity index (χ1n) is 6.20. The molecule has 20 heavy (non-hydrogen) atoms. The minimum Gasteiger partial charge on any atom is -0.425 e. The molecule has 0 heterocycles. The lowest BCUT2D eigenvalue weighted by atomic mass is 10.1. The summed E-state index contributed by atoms with van der Waals surface area (Å²) in [4.78, 5) is 22.5. The molecule has 0 spiro atoms. The number of benzene rings is 1. The van der Waals surface area contributed by atoms with Crippen LogP contribution in [0.15, 0.2) is 24.3 Å². The van der Waals surface area contributed by atoms with Gasteiger partial charge in [0.15, 0.2) is 0 Å². The highest BCUT2D eigenvalue weighted by atomic mass is 16.6. The third-order valence-corrected chi connectivity index (χ3v) is 2.40. The van der Waals surface area contributed by atoms with Crippen LogP contribution in [0.1, 0.15) is 5.56 Å². The van der Waals surface area contributed by atoms with Crippen LogP contribution in [-0.4, -0.2) is 45.9 Å². The molecule has 0 aromatic heterocycles. The summed E-state index contributed by atoms with van der Waals surface area (Å²) in [7, 11) is 2.90. The fourth-order valence-corrected chi connectivity index (χ4v) is 1.57. The van der Waals surface area contributed by atoms with Crippen molar-refractivity contribution in [3.05, 3.63) is 29.8 Å². The molecule has 0 atom stereocenters. The van der Waals surface area contributed by atoms with Crippen molar-refractivity contribution in [2.75, 3.05) is 34.0 Å².